The summed E-state index contributed by atoms with van der Waals surface area (Å²) in [6.07, 6.45) is 0.459. The van der Waals surface area contributed by atoms with E-state index in [4.69, 9.17) is 5.26 Å². The fraction of sp³-hybridized carbons (Fsp3) is 0.0417. The van der Waals surface area contributed by atoms with Crippen molar-refractivity contribution in [2.24, 2.45) is 0 Å². The van der Waals surface area contributed by atoms with Gasteiger partial charge in [-0.2, -0.15) is 5.26 Å². The van der Waals surface area contributed by atoms with Crippen LogP contribution in [0, 0.1) is 11.3 Å². The summed E-state index contributed by atoms with van der Waals surface area (Å²) in [6.45, 7) is 0. The molecule has 5 aromatic carbocycles. The first-order valence-electron chi connectivity index (χ1n) is 8.47. The van der Waals surface area contributed by atoms with E-state index in [1.807, 2.05) is 12.1 Å². The second-order valence-electron chi connectivity index (χ2n) is 6.54. The Kier molecular flexibility index (Phi) is 2.99. The largest absolute Gasteiger partial charge is 0.198 e. The molecule has 0 aliphatic carbocycles. The molecule has 0 unspecified atom stereocenters. The van der Waals surface area contributed by atoms with Gasteiger partial charge in [-0.05, 0) is 61.1 Å². The van der Waals surface area contributed by atoms with Crippen LogP contribution in [-0.4, -0.2) is 0 Å². The van der Waals surface area contributed by atoms with Gasteiger partial charge in [-0.1, -0.05) is 66.7 Å². The molecule has 0 saturated heterocycles. The van der Waals surface area contributed by atoms with Gasteiger partial charge in [0.05, 0.1) is 12.5 Å². The molecule has 0 saturated carbocycles. The van der Waals surface area contributed by atoms with Gasteiger partial charge in [-0.15, -0.1) is 0 Å². The summed E-state index contributed by atoms with van der Waals surface area (Å²) in [5.41, 5.74) is 3.46. The molecule has 0 aliphatic heterocycles. The monoisotopic (exact) mass is 317 g/mol. The van der Waals surface area contributed by atoms with Crippen molar-refractivity contribution in [3.05, 3.63) is 84.4 Å². The molecule has 1 heteroatoms. The molecule has 116 valence electrons. The minimum Gasteiger partial charge on any atom is -0.198 e. The lowest BCUT2D eigenvalue weighted by Crippen LogP contribution is -1.86. The van der Waals surface area contributed by atoms with Crippen molar-refractivity contribution >= 4 is 32.3 Å². The molecule has 0 amide bonds. The van der Waals surface area contributed by atoms with Gasteiger partial charge in [0.2, 0.25) is 0 Å². The summed E-state index contributed by atoms with van der Waals surface area (Å²) in [7, 11) is 0. The van der Waals surface area contributed by atoms with Gasteiger partial charge < -0.3 is 0 Å². The number of rotatable bonds is 2. The van der Waals surface area contributed by atoms with Crippen LogP contribution in [0.2, 0.25) is 0 Å². The predicted molar refractivity (Wildman–Crippen MR) is 105 cm³/mol. The summed E-state index contributed by atoms with van der Waals surface area (Å²) >= 11 is 0. The lowest BCUT2D eigenvalue weighted by atomic mass is 9.91. The molecule has 5 aromatic rings. The Balaban J connectivity index is 1.76. The highest BCUT2D eigenvalue weighted by molar-refractivity contribution is 6.23. The van der Waals surface area contributed by atoms with Gasteiger partial charge in [-0.25, -0.2) is 0 Å². The Bertz CT molecular complexity index is 1190. The Morgan fingerprint density at radius 2 is 1.16 bits per heavy atom. The van der Waals surface area contributed by atoms with Crippen molar-refractivity contribution in [3.8, 4) is 17.2 Å². The van der Waals surface area contributed by atoms with Crippen LogP contribution in [0.3, 0.4) is 0 Å². The van der Waals surface area contributed by atoms with Crippen LogP contribution in [0.4, 0.5) is 0 Å². The van der Waals surface area contributed by atoms with E-state index in [1.165, 1.54) is 43.4 Å². The van der Waals surface area contributed by atoms with Crippen LogP contribution >= 0.6 is 0 Å². The Morgan fingerprint density at radius 1 is 0.600 bits per heavy atom. The number of nitriles is 1. The van der Waals surface area contributed by atoms with Crippen LogP contribution in [0.1, 0.15) is 5.56 Å². The highest BCUT2D eigenvalue weighted by Gasteiger charge is 2.09. The minimum atomic E-state index is 0.459. The van der Waals surface area contributed by atoms with Crippen LogP contribution < -0.4 is 0 Å². The van der Waals surface area contributed by atoms with Crippen molar-refractivity contribution in [1.82, 2.24) is 0 Å². The van der Waals surface area contributed by atoms with Gasteiger partial charge in [0.15, 0.2) is 0 Å². The maximum absolute atomic E-state index is 8.83. The summed E-state index contributed by atoms with van der Waals surface area (Å²) in [5.74, 6) is 0. The van der Waals surface area contributed by atoms with Crippen LogP contribution in [-0.2, 0) is 6.42 Å². The molecule has 25 heavy (non-hydrogen) atoms. The van der Waals surface area contributed by atoms with Crippen molar-refractivity contribution in [1.29, 1.82) is 5.26 Å². The summed E-state index contributed by atoms with van der Waals surface area (Å²) in [6, 6.07) is 30.4. The second kappa shape index (κ2) is 5.33. The summed E-state index contributed by atoms with van der Waals surface area (Å²) in [5, 5.41) is 16.7. The third-order valence-corrected chi connectivity index (χ3v) is 5.03. The number of hydrogen-bond acceptors (Lipinski definition) is 1. The third kappa shape index (κ3) is 2.16. The molecule has 0 heterocycles. The van der Waals surface area contributed by atoms with E-state index < -0.39 is 0 Å². The number of nitrogens with zero attached hydrogens (tertiary/aromatic N) is 1. The normalized spacial score (nSPS) is 11.3. The molecule has 0 bridgehead atoms. The van der Waals surface area contributed by atoms with E-state index in [0.717, 1.165) is 5.56 Å². The van der Waals surface area contributed by atoms with E-state index in [1.54, 1.807) is 0 Å². The molecular weight excluding hydrogens is 302 g/mol. The zero-order chi connectivity index (χ0) is 16.8. The van der Waals surface area contributed by atoms with Crippen molar-refractivity contribution in [2.45, 2.75) is 6.42 Å². The molecular formula is C24H15N. The van der Waals surface area contributed by atoms with Gasteiger partial charge in [-0.3, -0.25) is 0 Å². The molecule has 0 atom stereocenters. The first-order valence-corrected chi connectivity index (χ1v) is 8.47. The highest BCUT2D eigenvalue weighted by Crippen LogP contribution is 2.37. The maximum atomic E-state index is 8.83. The summed E-state index contributed by atoms with van der Waals surface area (Å²) in [4.78, 5) is 0. The molecule has 0 aromatic heterocycles. The first kappa shape index (κ1) is 14.0. The molecule has 1 nitrogen and oxygen atoms in total. The topological polar surface area (TPSA) is 23.8 Å². The predicted octanol–water partition coefficient (Wildman–Crippen LogP) is 6.32. The Morgan fingerprint density at radius 3 is 1.76 bits per heavy atom. The SMILES string of the molecule is N#CCc1ccc(-c2cc3ccc4cccc5ccc(c2)c3c45)cc1. The average molecular weight is 317 g/mol. The fourth-order valence-corrected chi connectivity index (χ4v) is 3.83. The van der Waals surface area contributed by atoms with E-state index in [2.05, 4.69) is 72.8 Å². The maximum Gasteiger partial charge on any atom is 0.0669 e. The fourth-order valence-electron chi connectivity index (χ4n) is 3.83. The zero-order valence-electron chi connectivity index (χ0n) is 13.7. The van der Waals surface area contributed by atoms with Gasteiger partial charge in [0.25, 0.3) is 0 Å². The van der Waals surface area contributed by atoms with Gasteiger partial charge in [0, 0.05) is 0 Å². The van der Waals surface area contributed by atoms with Crippen molar-refractivity contribution in [3.63, 3.8) is 0 Å². The number of hydrogen-bond donors (Lipinski definition) is 0. The quantitative estimate of drug-likeness (QED) is 0.350. The molecule has 0 aliphatic rings. The molecule has 0 radical (unpaired) electrons. The first-order chi connectivity index (χ1) is 12.3. The zero-order valence-corrected chi connectivity index (χ0v) is 13.7. The van der Waals surface area contributed by atoms with E-state index in [9.17, 15) is 0 Å². The van der Waals surface area contributed by atoms with Crippen LogP contribution in [0.15, 0.2) is 78.9 Å². The molecule has 0 N–H and O–H groups in total. The lowest BCUT2D eigenvalue weighted by molar-refractivity contribution is 1.26. The third-order valence-electron chi connectivity index (χ3n) is 5.03. The van der Waals surface area contributed by atoms with E-state index >= 15 is 0 Å². The Labute approximate surface area is 146 Å². The van der Waals surface area contributed by atoms with E-state index in [-0.39, 0.29) is 0 Å². The second-order valence-corrected chi connectivity index (χ2v) is 6.54. The smallest absolute Gasteiger partial charge is 0.0669 e. The minimum absolute atomic E-state index is 0.459. The van der Waals surface area contributed by atoms with E-state index in [0.29, 0.717) is 6.42 Å². The van der Waals surface area contributed by atoms with Crippen molar-refractivity contribution < 1.29 is 0 Å². The van der Waals surface area contributed by atoms with Crippen LogP contribution in [0.25, 0.3) is 43.4 Å². The molecule has 0 spiro atoms. The average Bonchev–Trinajstić information content (AvgIpc) is 2.67. The summed E-state index contributed by atoms with van der Waals surface area (Å²) < 4.78 is 0. The van der Waals surface area contributed by atoms with Crippen molar-refractivity contribution in [2.75, 3.05) is 0 Å². The van der Waals surface area contributed by atoms with Crippen LogP contribution in [0.5, 0.6) is 0 Å². The molecule has 0 fully saturated rings. The Hall–Kier alpha value is -3.37. The number of benzene rings is 5. The highest BCUT2D eigenvalue weighted by atomic mass is 14.2. The van der Waals surface area contributed by atoms with Gasteiger partial charge in [0.1, 0.15) is 0 Å². The lowest BCUT2D eigenvalue weighted by Gasteiger charge is -2.13. The molecule has 5 rings (SSSR count). The standard InChI is InChI=1S/C24H15N/c25-13-12-16-4-6-17(7-5-16)22-14-20-10-8-18-2-1-3-19-9-11-21(15-22)24(20)23(18)19/h1-11,14-15H,12H2. The van der Waals surface area contributed by atoms with Gasteiger partial charge >= 0.3 is 0 Å².